The van der Waals surface area contributed by atoms with Gasteiger partial charge in [-0.25, -0.2) is 9.78 Å². The van der Waals surface area contributed by atoms with Gasteiger partial charge in [-0.2, -0.15) is 0 Å². The zero-order valence-corrected chi connectivity index (χ0v) is 12.9. The third-order valence-electron chi connectivity index (χ3n) is 3.14. The summed E-state index contributed by atoms with van der Waals surface area (Å²) in [5.74, 6) is -0.544. The van der Waals surface area contributed by atoms with Gasteiger partial charge in [0.1, 0.15) is 18.1 Å². The summed E-state index contributed by atoms with van der Waals surface area (Å²) < 4.78 is 6.77. The highest BCUT2D eigenvalue weighted by Gasteiger charge is 2.16. The number of fused-ring (bicyclic) bond motifs is 1. The van der Waals surface area contributed by atoms with Crippen molar-refractivity contribution in [1.29, 1.82) is 0 Å². The summed E-state index contributed by atoms with van der Waals surface area (Å²) in [6.45, 7) is 0. The lowest BCUT2D eigenvalue weighted by atomic mass is 10.3. The maximum Gasteiger partial charge on any atom is 0.365 e. The summed E-state index contributed by atoms with van der Waals surface area (Å²) in [6.07, 6.45) is 5.56. The molecule has 21 heavy (non-hydrogen) atoms. The van der Waals surface area contributed by atoms with Gasteiger partial charge in [0.05, 0.1) is 10.2 Å². The monoisotopic (exact) mass is 322 g/mol. The lowest BCUT2D eigenvalue weighted by molar-refractivity contribution is -0.125. The van der Waals surface area contributed by atoms with Crippen molar-refractivity contribution in [3.8, 4) is 0 Å². The summed E-state index contributed by atoms with van der Waals surface area (Å²) in [4.78, 5) is 21.1. The van der Waals surface area contributed by atoms with Crippen LogP contribution < -0.4 is 0 Å². The van der Waals surface area contributed by atoms with Crippen LogP contribution in [-0.4, -0.2) is 23.3 Å². The summed E-state index contributed by atoms with van der Waals surface area (Å²) in [7, 11) is 0. The van der Waals surface area contributed by atoms with Crippen molar-refractivity contribution in [3.63, 3.8) is 0 Å². The van der Waals surface area contributed by atoms with E-state index in [-0.39, 0.29) is 6.10 Å². The van der Waals surface area contributed by atoms with Crippen LogP contribution in [-0.2, 0) is 13.8 Å². The SMILES string of the molecule is O=C(/C=N\OC1CCCC1)OSc1nc2ccccc2s1. The van der Waals surface area contributed by atoms with E-state index >= 15 is 0 Å². The van der Waals surface area contributed by atoms with Crippen molar-refractivity contribution in [2.24, 2.45) is 5.16 Å². The van der Waals surface area contributed by atoms with Gasteiger partial charge in [0.2, 0.25) is 0 Å². The van der Waals surface area contributed by atoms with E-state index in [4.69, 9.17) is 9.02 Å². The molecule has 1 fully saturated rings. The molecule has 3 rings (SSSR count). The highest BCUT2D eigenvalue weighted by molar-refractivity contribution is 7.97. The number of thiazole rings is 1. The Morgan fingerprint density at radius 3 is 3.00 bits per heavy atom. The number of carbonyl (C=O) groups is 1. The molecule has 0 radical (unpaired) electrons. The van der Waals surface area contributed by atoms with Crippen LogP contribution in [0.3, 0.4) is 0 Å². The Labute approximate surface area is 130 Å². The second-order valence-electron chi connectivity index (χ2n) is 4.68. The normalized spacial score (nSPS) is 15.8. The van der Waals surface area contributed by atoms with Gasteiger partial charge < -0.3 is 9.02 Å². The van der Waals surface area contributed by atoms with E-state index in [1.807, 2.05) is 24.3 Å². The number of benzene rings is 1. The predicted molar refractivity (Wildman–Crippen MR) is 83.4 cm³/mol. The van der Waals surface area contributed by atoms with E-state index in [2.05, 4.69) is 10.1 Å². The molecule has 1 aromatic heterocycles. The van der Waals surface area contributed by atoms with Crippen LogP contribution in [0, 0.1) is 0 Å². The molecule has 0 N–H and O–H groups in total. The van der Waals surface area contributed by atoms with Gasteiger partial charge in [0.25, 0.3) is 0 Å². The zero-order chi connectivity index (χ0) is 14.5. The van der Waals surface area contributed by atoms with Crippen LogP contribution in [0.25, 0.3) is 10.2 Å². The Balaban J connectivity index is 1.47. The van der Waals surface area contributed by atoms with Crippen LogP contribution in [0.15, 0.2) is 33.8 Å². The average molecular weight is 322 g/mol. The zero-order valence-electron chi connectivity index (χ0n) is 11.2. The summed E-state index contributed by atoms with van der Waals surface area (Å²) in [6, 6.07) is 7.79. The number of para-hydroxylation sites is 1. The van der Waals surface area contributed by atoms with Gasteiger partial charge >= 0.3 is 5.97 Å². The van der Waals surface area contributed by atoms with Crippen molar-refractivity contribution in [2.45, 2.75) is 36.1 Å². The molecule has 110 valence electrons. The molecule has 0 amide bonds. The minimum Gasteiger partial charge on any atom is -0.392 e. The Bertz CT molecular complexity index is 617. The second kappa shape index (κ2) is 6.91. The minimum atomic E-state index is -0.544. The summed E-state index contributed by atoms with van der Waals surface area (Å²) in [5.41, 5.74) is 0.902. The molecule has 1 aliphatic carbocycles. The van der Waals surface area contributed by atoms with E-state index < -0.39 is 5.97 Å². The van der Waals surface area contributed by atoms with Crippen LogP contribution >= 0.6 is 23.4 Å². The smallest absolute Gasteiger partial charge is 0.365 e. The van der Waals surface area contributed by atoms with E-state index in [0.29, 0.717) is 4.34 Å². The second-order valence-corrected chi connectivity index (χ2v) is 6.69. The number of aromatic nitrogens is 1. The van der Waals surface area contributed by atoms with Crippen LogP contribution in [0.4, 0.5) is 0 Å². The Hall–Kier alpha value is -1.60. The predicted octanol–water partition coefficient (Wildman–Crippen LogP) is 3.79. The van der Waals surface area contributed by atoms with Gasteiger partial charge in [-0.3, -0.25) is 0 Å². The van der Waals surface area contributed by atoms with Crippen molar-refractivity contribution < 1.29 is 13.8 Å². The highest BCUT2D eigenvalue weighted by Crippen LogP contribution is 2.29. The van der Waals surface area contributed by atoms with Crippen LogP contribution in [0.5, 0.6) is 0 Å². The molecule has 2 aromatic rings. The molecule has 0 spiro atoms. The Morgan fingerprint density at radius 2 is 2.19 bits per heavy atom. The standard InChI is InChI=1S/C14H14N2O3S2/c17-13(9-15-18-10-5-1-2-6-10)19-21-14-16-11-7-3-4-8-12(11)20-14/h3-4,7-10H,1-2,5-6H2/b15-9-. The van der Waals surface area contributed by atoms with Crippen molar-refractivity contribution in [3.05, 3.63) is 24.3 Å². The molecule has 5 nitrogen and oxygen atoms in total. The van der Waals surface area contributed by atoms with Gasteiger partial charge in [0, 0.05) is 0 Å². The molecule has 0 saturated heterocycles. The topological polar surface area (TPSA) is 60.8 Å². The first-order valence-corrected chi connectivity index (χ1v) is 8.30. The number of nitrogens with zero attached hydrogens (tertiary/aromatic N) is 2. The first kappa shape index (κ1) is 14.3. The van der Waals surface area contributed by atoms with Gasteiger partial charge in [0.15, 0.2) is 10.6 Å². The maximum atomic E-state index is 11.5. The highest BCUT2D eigenvalue weighted by atomic mass is 32.2. The number of hydrogen-bond acceptors (Lipinski definition) is 7. The van der Waals surface area contributed by atoms with Gasteiger partial charge in [-0.1, -0.05) is 17.3 Å². The van der Waals surface area contributed by atoms with Crippen molar-refractivity contribution >= 4 is 45.8 Å². The molecule has 1 aliphatic rings. The molecule has 1 saturated carbocycles. The first-order chi connectivity index (χ1) is 10.3. The van der Waals surface area contributed by atoms with E-state index in [1.54, 1.807) is 0 Å². The van der Waals surface area contributed by atoms with E-state index in [9.17, 15) is 4.79 Å². The molecule has 0 unspecified atom stereocenters. The number of carbonyl (C=O) groups excluding carboxylic acids is 1. The van der Waals surface area contributed by atoms with Gasteiger partial charge in [-0.15, -0.1) is 11.3 Å². The van der Waals surface area contributed by atoms with E-state index in [0.717, 1.165) is 54.2 Å². The molecule has 0 aliphatic heterocycles. The van der Waals surface area contributed by atoms with Crippen molar-refractivity contribution in [2.75, 3.05) is 0 Å². The largest absolute Gasteiger partial charge is 0.392 e. The summed E-state index contributed by atoms with van der Waals surface area (Å²) >= 11 is 2.43. The maximum absolute atomic E-state index is 11.5. The number of oxime groups is 1. The summed E-state index contributed by atoms with van der Waals surface area (Å²) in [5, 5.41) is 3.68. The Morgan fingerprint density at radius 1 is 1.38 bits per heavy atom. The third-order valence-corrected chi connectivity index (χ3v) is 4.91. The Kier molecular flexibility index (Phi) is 4.72. The fourth-order valence-corrected chi connectivity index (χ4v) is 3.67. The van der Waals surface area contributed by atoms with E-state index in [1.165, 1.54) is 11.3 Å². The minimum absolute atomic E-state index is 0.144. The van der Waals surface area contributed by atoms with Gasteiger partial charge in [-0.05, 0) is 37.8 Å². The molecule has 7 heteroatoms. The number of rotatable bonds is 5. The van der Waals surface area contributed by atoms with Crippen LogP contribution in [0.2, 0.25) is 0 Å². The fourth-order valence-electron chi connectivity index (χ4n) is 2.14. The first-order valence-electron chi connectivity index (χ1n) is 6.74. The lowest BCUT2D eigenvalue weighted by Crippen LogP contribution is -2.05. The number of hydrogen-bond donors (Lipinski definition) is 0. The van der Waals surface area contributed by atoms with Crippen molar-refractivity contribution in [1.82, 2.24) is 4.98 Å². The third kappa shape index (κ3) is 3.95. The molecular weight excluding hydrogens is 308 g/mol. The van der Waals surface area contributed by atoms with Crippen LogP contribution in [0.1, 0.15) is 25.7 Å². The quantitative estimate of drug-likeness (QED) is 0.476. The fraction of sp³-hybridized carbons (Fsp3) is 0.357. The molecular formula is C14H14N2O3S2. The lowest BCUT2D eigenvalue weighted by Gasteiger charge is -2.04. The average Bonchev–Trinajstić information content (AvgIpc) is 3.13. The molecule has 0 bridgehead atoms. The molecule has 1 aromatic carbocycles. The molecule has 1 heterocycles. The molecule has 0 atom stereocenters.